The second-order valence-corrected chi connectivity index (χ2v) is 6.04. The van der Waals surface area contributed by atoms with Gasteiger partial charge in [0.2, 0.25) is 0 Å². The first-order valence-electron chi connectivity index (χ1n) is 5.41. The van der Waals surface area contributed by atoms with Crippen molar-refractivity contribution in [3.8, 4) is 0 Å². The summed E-state index contributed by atoms with van der Waals surface area (Å²) in [5, 5.41) is 0. The van der Waals surface area contributed by atoms with Gasteiger partial charge in [-0.1, -0.05) is 40.5 Å². The van der Waals surface area contributed by atoms with Crippen LogP contribution in [0.1, 0.15) is 66.2 Å². The summed E-state index contributed by atoms with van der Waals surface area (Å²) in [5.41, 5.74) is 1.44. The number of hydrogen-bond acceptors (Lipinski definition) is 0. The van der Waals surface area contributed by atoms with Crippen LogP contribution in [0, 0.1) is 10.8 Å². The molecule has 0 bridgehead atoms. The predicted molar refractivity (Wildman–Crippen MR) is 55.3 cm³/mol. The van der Waals surface area contributed by atoms with Crippen LogP contribution in [0.4, 0.5) is 0 Å². The van der Waals surface area contributed by atoms with Crippen LogP contribution >= 0.6 is 0 Å². The van der Waals surface area contributed by atoms with E-state index in [9.17, 15) is 0 Å². The zero-order valence-electron chi connectivity index (χ0n) is 9.24. The minimum Gasteiger partial charge on any atom is -0.0599 e. The highest BCUT2D eigenvalue weighted by molar-refractivity contribution is 4.82. The summed E-state index contributed by atoms with van der Waals surface area (Å²) in [6.45, 7) is 9.32. The van der Waals surface area contributed by atoms with Crippen molar-refractivity contribution < 1.29 is 0 Å². The van der Waals surface area contributed by atoms with Gasteiger partial charge in [0.15, 0.2) is 0 Å². The topological polar surface area (TPSA) is 0 Å². The molecular weight excluding hydrogens is 144 g/mol. The lowest BCUT2D eigenvalue weighted by molar-refractivity contribution is 0.382. The third-order valence-electron chi connectivity index (χ3n) is 3.21. The number of hydrogen-bond donors (Lipinski definition) is 0. The molecule has 0 radical (unpaired) electrons. The summed E-state index contributed by atoms with van der Waals surface area (Å²) in [5.74, 6) is 0. The second-order valence-electron chi connectivity index (χ2n) is 6.04. The molecule has 0 heterocycles. The molecule has 0 spiro atoms. The van der Waals surface area contributed by atoms with Gasteiger partial charge in [-0.25, -0.2) is 0 Å². The normalized spacial score (nSPS) is 29.0. The molecule has 12 heavy (non-hydrogen) atoms. The van der Waals surface area contributed by atoms with Crippen LogP contribution in [0.5, 0.6) is 0 Å². The molecule has 0 aromatic heterocycles. The van der Waals surface area contributed by atoms with E-state index in [0.29, 0.717) is 5.41 Å². The molecule has 0 aromatic carbocycles. The Hall–Kier alpha value is 0. The molecule has 0 atom stereocenters. The molecule has 0 nitrogen and oxygen atoms in total. The van der Waals surface area contributed by atoms with Crippen LogP contribution in [0.15, 0.2) is 0 Å². The highest BCUT2D eigenvalue weighted by Gasteiger charge is 2.30. The minimum absolute atomic E-state index is 0.694. The van der Waals surface area contributed by atoms with Crippen LogP contribution in [0.3, 0.4) is 0 Å². The Balaban J connectivity index is 0.000000127. The third-order valence-corrected chi connectivity index (χ3v) is 3.21. The van der Waals surface area contributed by atoms with Crippen molar-refractivity contribution in [1.29, 1.82) is 0 Å². The van der Waals surface area contributed by atoms with Gasteiger partial charge >= 0.3 is 0 Å². The van der Waals surface area contributed by atoms with Crippen LogP contribution in [0.25, 0.3) is 0 Å². The molecule has 72 valence electrons. The van der Waals surface area contributed by atoms with Crippen LogP contribution < -0.4 is 0 Å². The van der Waals surface area contributed by atoms with Crippen molar-refractivity contribution in [3.05, 3.63) is 0 Å². The summed E-state index contributed by atoms with van der Waals surface area (Å²) in [6.07, 6.45) is 8.74. The van der Waals surface area contributed by atoms with E-state index in [1.54, 1.807) is 0 Å². The van der Waals surface area contributed by atoms with E-state index in [1.165, 1.54) is 38.5 Å². The summed E-state index contributed by atoms with van der Waals surface area (Å²) < 4.78 is 0. The van der Waals surface area contributed by atoms with E-state index in [2.05, 4.69) is 27.7 Å². The fourth-order valence-corrected chi connectivity index (χ4v) is 1.58. The maximum atomic E-state index is 2.36. The van der Waals surface area contributed by atoms with Crippen LogP contribution in [-0.2, 0) is 0 Å². The van der Waals surface area contributed by atoms with E-state index >= 15 is 0 Å². The van der Waals surface area contributed by atoms with Crippen molar-refractivity contribution in [1.82, 2.24) is 0 Å². The molecule has 2 saturated carbocycles. The second kappa shape index (κ2) is 3.40. The highest BCUT2D eigenvalue weighted by Crippen LogP contribution is 2.43. The van der Waals surface area contributed by atoms with E-state index < -0.39 is 0 Å². The molecular formula is C12H24. The van der Waals surface area contributed by atoms with Crippen molar-refractivity contribution in [2.24, 2.45) is 10.8 Å². The molecule has 0 saturated heterocycles. The van der Waals surface area contributed by atoms with Gasteiger partial charge in [-0.3, -0.25) is 0 Å². The van der Waals surface area contributed by atoms with E-state index in [4.69, 9.17) is 0 Å². The SMILES string of the molecule is CC1(C)CC1.CC1(C)CCCC1. The fraction of sp³-hybridized carbons (Fsp3) is 1.00. The van der Waals surface area contributed by atoms with Gasteiger partial charge in [-0.15, -0.1) is 0 Å². The van der Waals surface area contributed by atoms with Gasteiger partial charge in [0.25, 0.3) is 0 Å². The van der Waals surface area contributed by atoms with E-state index in [0.717, 1.165) is 5.41 Å². The summed E-state index contributed by atoms with van der Waals surface area (Å²) in [7, 11) is 0. The molecule has 2 fully saturated rings. The average molecular weight is 168 g/mol. The molecule has 0 aromatic rings. The largest absolute Gasteiger partial charge is 0.0599 e. The predicted octanol–water partition coefficient (Wildman–Crippen LogP) is 4.39. The summed E-state index contributed by atoms with van der Waals surface area (Å²) in [4.78, 5) is 0. The molecule has 0 aliphatic heterocycles. The van der Waals surface area contributed by atoms with Crippen LogP contribution in [0.2, 0.25) is 0 Å². The minimum atomic E-state index is 0.694. The first kappa shape index (κ1) is 10.1. The Bertz CT molecular complexity index is 128. The lowest BCUT2D eigenvalue weighted by Gasteiger charge is -2.13. The maximum absolute atomic E-state index is 2.36. The molecule has 0 unspecified atom stereocenters. The van der Waals surface area contributed by atoms with Crippen molar-refractivity contribution in [2.75, 3.05) is 0 Å². The summed E-state index contributed by atoms with van der Waals surface area (Å²) >= 11 is 0. The van der Waals surface area contributed by atoms with Crippen LogP contribution in [-0.4, -0.2) is 0 Å². The average Bonchev–Trinajstić information content (AvgIpc) is 2.43. The zero-order chi connectivity index (χ0) is 9.24. The molecule has 2 aliphatic carbocycles. The molecule has 0 N–H and O–H groups in total. The monoisotopic (exact) mass is 168 g/mol. The third kappa shape index (κ3) is 4.13. The maximum Gasteiger partial charge on any atom is -0.0354 e. The van der Waals surface area contributed by atoms with E-state index in [1.807, 2.05) is 0 Å². The van der Waals surface area contributed by atoms with Gasteiger partial charge in [-0.2, -0.15) is 0 Å². The smallest absolute Gasteiger partial charge is 0.0354 e. The lowest BCUT2D eigenvalue weighted by Crippen LogP contribution is -2.01. The Morgan fingerprint density at radius 3 is 0.917 bits per heavy atom. The van der Waals surface area contributed by atoms with Gasteiger partial charge in [-0.05, 0) is 36.5 Å². The Labute approximate surface area is 77.7 Å². The molecule has 2 rings (SSSR count). The highest BCUT2D eigenvalue weighted by atomic mass is 14.4. The first-order chi connectivity index (χ1) is 5.41. The Morgan fingerprint density at radius 2 is 0.833 bits per heavy atom. The standard InChI is InChI=1S/C7H14.C5H10/c1-7(2)5-3-4-6-7;1-5(2)3-4-5/h3-6H2,1-2H3;3-4H2,1-2H3. The fourth-order valence-electron chi connectivity index (χ4n) is 1.58. The van der Waals surface area contributed by atoms with Crippen molar-refractivity contribution in [2.45, 2.75) is 66.2 Å². The van der Waals surface area contributed by atoms with Gasteiger partial charge in [0.05, 0.1) is 0 Å². The quantitative estimate of drug-likeness (QED) is 0.503. The molecule has 0 heteroatoms. The zero-order valence-corrected chi connectivity index (χ0v) is 9.24. The number of rotatable bonds is 0. The van der Waals surface area contributed by atoms with Gasteiger partial charge < -0.3 is 0 Å². The summed E-state index contributed by atoms with van der Waals surface area (Å²) in [6, 6.07) is 0. The lowest BCUT2D eigenvalue weighted by atomic mass is 9.92. The van der Waals surface area contributed by atoms with E-state index in [-0.39, 0.29) is 0 Å². The van der Waals surface area contributed by atoms with Gasteiger partial charge in [0.1, 0.15) is 0 Å². The Kier molecular flexibility index (Phi) is 2.85. The van der Waals surface area contributed by atoms with Crippen molar-refractivity contribution >= 4 is 0 Å². The Morgan fingerprint density at radius 1 is 0.583 bits per heavy atom. The van der Waals surface area contributed by atoms with Gasteiger partial charge in [0, 0.05) is 0 Å². The molecule has 0 amide bonds. The van der Waals surface area contributed by atoms with Crippen molar-refractivity contribution in [3.63, 3.8) is 0 Å². The molecule has 2 aliphatic rings. The first-order valence-corrected chi connectivity index (χ1v) is 5.41.